The Morgan fingerprint density at radius 2 is 1.62 bits per heavy atom. The summed E-state index contributed by atoms with van der Waals surface area (Å²) in [4.78, 5) is 12.5. The second-order valence-electron chi connectivity index (χ2n) is 5.33. The number of carbonyl (C=O) groups is 1. The van der Waals surface area contributed by atoms with Crippen molar-refractivity contribution in [2.24, 2.45) is 0 Å². The Balaban J connectivity index is 1.83. The van der Waals surface area contributed by atoms with Gasteiger partial charge in [0.25, 0.3) is 0 Å². The summed E-state index contributed by atoms with van der Waals surface area (Å²) in [5, 5.41) is 2.05. The second-order valence-corrected chi connectivity index (χ2v) is 5.33. The van der Waals surface area contributed by atoms with Gasteiger partial charge >= 0.3 is 5.97 Å². The SMILES string of the molecule is O=C1OC(c2ccccc2)Cc2ccc3ccccc3c21. The molecule has 0 aliphatic carbocycles. The van der Waals surface area contributed by atoms with Gasteiger partial charge in [0.1, 0.15) is 6.10 Å². The fraction of sp³-hybridized carbons (Fsp3) is 0.105. The van der Waals surface area contributed by atoms with Gasteiger partial charge in [-0.05, 0) is 21.9 Å². The van der Waals surface area contributed by atoms with Crippen molar-refractivity contribution in [3.8, 4) is 0 Å². The van der Waals surface area contributed by atoms with E-state index in [2.05, 4.69) is 6.07 Å². The minimum absolute atomic E-state index is 0.188. The van der Waals surface area contributed by atoms with Gasteiger partial charge in [-0.3, -0.25) is 0 Å². The molecule has 0 aromatic heterocycles. The van der Waals surface area contributed by atoms with Crippen LogP contribution < -0.4 is 0 Å². The van der Waals surface area contributed by atoms with E-state index < -0.39 is 0 Å². The Kier molecular flexibility index (Phi) is 2.74. The van der Waals surface area contributed by atoms with E-state index in [-0.39, 0.29) is 12.1 Å². The number of esters is 1. The van der Waals surface area contributed by atoms with Gasteiger partial charge in [0, 0.05) is 6.42 Å². The van der Waals surface area contributed by atoms with E-state index in [0.29, 0.717) is 0 Å². The van der Waals surface area contributed by atoms with Crippen molar-refractivity contribution in [2.75, 3.05) is 0 Å². The largest absolute Gasteiger partial charge is 0.454 e. The van der Waals surface area contributed by atoms with Gasteiger partial charge in [0.05, 0.1) is 5.56 Å². The molecule has 1 atom stereocenters. The molecule has 0 saturated carbocycles. The van der Waals surface area contributed by atoms with Crippen LogP contribution in [0.4, 0.5) is 0 Å². The first-order chi connectivity index (χ1) is 10.3. The summed E-state index contributed by atoms with van der Waals surface area (Å²) in [5.74, 6) is -0.220. The third-order valence-corrected chi connectivity index (χ3v) is 4.05. The molecule has 0 amide bonds. The summed E-state index contributed by atoms with van der Waals surface area (Å²) in [6.07, 6.45) is 0.544. The van der Waals surface area contributed by atoms with Crippen molar-refractivity contribution >= 4 is 16.7 Å². The van der Waals surface area contributed by atoms with Crippen LogP contribution in [0, 0.1) is 0 Å². The van der Waals surface area contributed by atoms with E-state index in [0.717, 1.165) is 33.9 Å². The number of fused-ring (bicyclic) bond motifs is 3. The average molecular weight is 274 g/mol. The van der Waals surface area contributed by atoms with Crippen molar-refractivity contribution < 1.29 is 9.53 Å². The molecule has 102 valence electrons. The zero-order valence-corrected chi connectivity index (χ0v) is 11.5. The first kappa shape index (κ1) is 12.2. The number of benzene rings is 3. The molecule has 0 bridgehead atoms. The quantitative estimate of drug-likeness (QED) is 0.619. The van der Waals surface area contributed by atoms with Gasteiger partial charge < -0.3 is 4.74 Å². The Labute approximate surface area is 123 Å². The van der Waals surface area contributed by atoms with Gasteiger partial charge in [-0.25, -0.2) is 4.79 Å². The van der Waals surface area contributed by atoms with Gasteiger partial charge in [0.15, 0.2) is 0 Å². The van der Waals surface area contributed by atoms with E-state index in [4.69, 9.17) is 4.74 Å². The van der Waals surface area contributed by atoms with Gasteiger partial charge in [-0.1, -0.05) is 66.7 Å². The number of hydrogen-bond donors (Lipinski definition) is 0. The molecule has 1 heterocycles. The summed E-state index contributed by atoms with van der Waals surface area (Å²) < 4.78 is 5.67. The van der Waals surface area contributed by atoms with Crippen molar-refractivity contribution in [3.63, 3.8) is 0 Å². The van der Waals surface area contributed by atoms with Crippen LogP contribution in [0.15, 0.2) is 66.7 Å². The lowest BCUT2D eigenvalue weighted by Gasteiger charge is -2.26. The topological polar surface area (TPSA) is 26.3 Å². The monoisotopic (exact) mass is 274 g/mol. The maximum Gasteiger partial charge on any atom is 0.339 e. The first-order valence-electron chi connectivity index (χ1n) is 7.09. The first-order valence-corrected chi connectivity index (χ1v) is 7.09. The third kappa shape index (κ3) is 2.00. The standard InChI is InChI=1S/C19H14O2/c20-19-18-15(11-10-13-6-4-5-9-16(13)18)12-17(21-19)14-7-2-1-3-8-14/h1-11,17H,12H2. The number of rotatable bonds is 1. The molecule has 1 unspecified atom stereocenters. The lowest BCUT2D eigenvalue weighted by molar-refractivity contribution is 0.0256. The molecule has 0 saturated heterocycles. The molecule has 0 N–H and O–H groups in total. The van der Waals surface area contributed by atoms with Crippen molar-refractivity contribution in [1.29, 1.82) is 0 Å². The van der Waals surface area contributed by atoms with Gasteiger partial charge in [-0.2, -0.15) is 0 Å². The molecule has 21 heavy (non-hydrogen) atoms. The fourth-order valence-electron chi connectivity index (χ4n) is 3.01. The normalized spacial score (nSPS) is 17.3. The highest BCUT2D eigenvalue weighted by Gasteiger charge is 2.28. The lowest BCUT2D eigenvalue weighted by atomic mass is 9.91. The molecular weight excluding hydrogens is 260 g/mol. The maximum atomic E-state index is 12.5. The number of ether oxygens (including phenoxy) is 1. The predicted molar refractivity (Wildman–Crippen MR) is 82.3 cm³/mol. The zero-order valence-electron chi connectivity index (χ0n) is 11.5. The average Bonchev–Trinajstić information content (AvgIpc) is 2.55. The molecule has 0 fully saturated rings. The Hall–Kier alpha value is -2.61. The van der Waals surface area contributed by atoms with Gasteiger partial charge in [-0.15, -0.1) is 0 Å². The van der Waals surface area contributed by atoms with Crippen LogP contribution in [0.5, 0.6) is 0 Å². The van der Waals surface area contributed by atoms with Crippen molar-refractivity contribution in [1.82, 2.24) is 0 Å². The summed E-state index contributed by atoms with van der Waals surface area (Å²) >= 11 is 0. The summed E-state index contributed by atoms with van der Waals surface area (Å²) in [5.41, 5.74) is 2.84. The van der Waals surface area contributed by atoms with Crippen LogP contribution in [0.3, 0.4) is 0 Å². The molecule has 2 nitrogen and oxygen atoms in total. The smallest absolute Gasteiger partial charge is 0.339 e. The second kappa shape index (κ2) is 4.74. The summed E-state index contributed by atoms with van der Waals surface area (Å²) in [6.45, 7) is 0. The van der Waals surface area contributed by atoms with E-state index in [1.165, 1.54) is 0 Å². The molecule has 2 heteroatoms. The van der Waals surface area contributed by atoms with Crippen molar-refractivity contribution in [2.45, 2.75) is 12.5 Å². The Morgan fingerprint density at radius 1 is 0.857 bits per heavy atom. The Morgan fingerprint density at radius 3 is 2.48 bits per heavy atom. The molecule has 0 radical (unpaired) electrons. The molecule has 0 spiro atoms. The third-order valence-electron chi connectivity index (χ3n) is 4.05. The van der Waals surface area contributed by atoms with Crippen LogP contribution in [0.2, 0.25) is 0 Å². The number of carbonyl (C=O) groups excluding carboxylic acids is 1. The van der Waals surface area contributed by atoms with Crippen LogP contribution in [-0.2, 0) is 11.2 Å². The number of hydrogen-bond acceptors (Lipinski definition) is 2. The maximum absolute atomic E-state index is 12.5. The molecule has 1 aliphatic rings. The minimum Gasteiger partial charge on any atom is -0.454 e. The molecular formula is C19H14O2. The zero-order chi connectivity index (χ0) is 14.2. The fourth-order valence-corrected chi connectivity index (χ4v) is 3.01. The van der Waals surface area contributed by atoms with Gasteiger partial charge in [0.2, 0.25) is 0 Å². The Bertz CT molecular complexity index is 821. The summed E-state index contributed by atoms with van der Waals surface area (Å²) in [7, 11) is 0. The highest BCUT2D eigenvalue weighted by molar-refractivity contribution is 6.06. The predicted octanol–water partition coefficient (Wildman–Crippen LogP) is 4.29. The van der Waals surface area contributed by atoms with E-state index >= 15 is 0 Å². The molecule has 3 aromatic rings. The highest BCUT2D eigenvalue weighted by atomic mass is 16.5. The van der Waals surface area contributed by atoms with Crippen LogP contribution in [-0.4, -0.2) is 5.97 Å². The van der Waals surface area contributed by atoms with Crippen molar-refractivity contribution in [3.05, 3.63) is 83.4 Å². The van der Waals surface area contributed by atoms with E-state index in [9.17, 15) is 4.79 Å². The molecule has 3 aromatic carbocycles. The highest BCUT2D eigenvalue weighted by Crippen LogP contribution is 2.34. The molecule has 1 aliphatic heterocycles. The van der Waals surface area contributed by atoms with Crippen LogP contribution >= 0.6 is 0 Å². The lowest BCUT2D eigenvalue weighted by Crippen LogP contribution is -2.22. The minimum atomic E-state index is -0.220. The van der Waals surface area contributed by atoms with E-state index in [1.807, 2.05) is 60.7 Å². The number of cyclic esters (lactones) is 1. The summed E-state index contributed by atoms with van der Waals surface area (Å²) in [6, 6.07) is 22.0. The van der Waals surface area contributed by atoms with E-state index in [1.54, 1.807) is 0 Å². The molecule has 4 rings (SSSR count). The van der Waals surface area contributed by atoms with Crippen LogP contribution in [0.1, 0.15) is 27.6 Å². The van der Waals surface area contributed by atoms with Crippen LogP contribution in [0.25, 0.3) is 10.8 Å².